The molecule has 170 valence electrons. The number of piperidine rings is 1. The van der Waals surface area contributed by atoms with E-state index in [0.29, 0.717) is 19.5 Å². The highest BCUT2D eigenvalue weighted by atomic mass is 16.2. The van der Waals surface area contributed by atoms with Crippen LogP contribution < -0.4 is 20.4 Å². The Labute approximate surface area is 190 Å². The van der Waals surface area contributed by atoms with Gasteiger partial charge >= 0.3 is 0 Å². The molecule has 1 aromatic carbocycles. The van der Waals surface area contributed by atoms with Crippen molar-refractivity contribution in [3.8, 4) is 0 Å². The van der Waals surface area contributed by atoms with E-state index in [-0.39, 0.29) is 5.91 Å². The molecule has 7 nitrogen and oxygen atoms in total. The second-order valence-corrected chi connectivity index (χ2v) is 8.79. The van der Waals surface area contributed by atoms with Gasteiger partial charge in [0.25, 0.3) is 0 Å². The van der Waals surface area contributed by atoms with E-state index in [1.807, 2.05) is 23.2 Å². The van der Waals surface area contributed by atoms with Gasteiger partial charge in [-0.25, -0.2) is 4.98 Å². The minimum absolute atomic E-state index is 0.216. The molecule has 4 rings (SSSR count). The summed E-state index contributed by atoms with van der Waals surface area (Å²) in [6, 6.07) is 12.4. The van der Waals surface area contributed by atoms with Gasteiger partial charge in [-0.15, -0.1) is 0 Å². The van der Waals surface area contributed by atoms with Gasteiger partial charge in [0.15, 0.2) is 5.96 Å². The van der Waals surface area contributed by atoms with Gasteiger partial charge in [-0.3, -0.25) is 9.79 Å². The Hall–Kier alpha value is -3.09. The molecule has 7 heteroatoms. The molecule has 1 amide bonds. The number of carbonyl (C=O) groups is 1. The Kier molecular flexibility index (Phi) is 7.24. The quantitative estimate of drug-likeness (QED) is 0.539. The van der Waals surface area contributed by atoms with Crippen LogP contribution in [0.25, 0.3) is 0 Å². The molecular formula is C25H34N6O. The van der Waals surface area contributed by atoms with Crippen molar-refractivity contribution < 1.29 is 4.79 Å². The topological polar surface area (TPSA) is 72.9 Å². The first-order valence-electron chi connectivity index (χ1n) is 11.7. The third-order valence-corrected chi connectivity index (χ3v) is 6.38. The Morgan fingerprint density at radius 1 is 1.03 bits per heavy atom. The number of amides is 1. The molecule has 0 atom stereocenters. The maximum Gasteiger partial charge on any atom is 0.227 e. The fraction of sp³-hybridized carbons (Fsp3) is 0.480. The number of anilines is 2. The van der Waals surface area contributed by atoms with E-state index in [1.54, 1.807) is 7.05 Å². The van der Waals surface area contributed by atoms with Crippen LogP contribution in [0.15, 0.2) is 47.6 Å². The monoisotopic (exact) mass is 434 g/mol. The summed E-state index contributed by atoms with van der Waals surface area (Å²) < 4.78 is 0. The van der Waals surface area contributed by atoms with E-state index < -0.39 is 0 Å². The molecule has 2 aliphatic rings. The molecule has 3 heterocycles. The van der Waals surface area contributed by atoms with Crippen molar-refractivity contribution in [2.75, 3.05) is 36.5 Å². The summed E-state index contributed by atoms with van der Waals surface area (Å²) in [5.41, 5.74) is 3.25. The van der Waals surface area contributed by atoms with Gasteiger partial charge in [0.05, 0.1) is 0 Å². The third-order valence-electron chi connectivity index (χ3n) is 6.38. The summed E-state index contributed by atoms with van der Waals surface area (Å²) in [5, 5.41) is 6.71. The lowest BCUT2D eigenvalue weighted by atomic mass is 9.99. The minimum atomic E-state index is 0.216. The molecular weight excluding hydrogens is 400 g/mol. The molecule has 0 aliphatic carbocycles. The zero-order valence-electron chi connectivity index (χ0n) is 19.2. The minimum Gasteiger partial charge on any atom is -0.357 e. The SMILES string of the molecule is CN=C(NCc1ccc(N2CCCC2=O)cc1)NCc1ccc(N2CCC(C)CC2)nc1. The molecule has 0 unspecified atom stereocenters. The number of aliphatic imine (C=N–C) groups is 1. The predicted molar refractivity (Wildman–Crippen MR) is 130 cm³/mol. The molecule has 2 aromatic rings. The van der Waals surface area contributed by atoms with Crippen LogP contribution in [0.1, 0.15) is 43.7 Å². The maximum absolute atomic E-state index is 11.9. The van der Waals surface area contributed by atoms with Gasteiger partial charge in [0, 0.05) is 58.1 Å². The van der Waals surface area contributed by atoms with E-state index >= 15 is 0 Å². The predicted octanol–water partition coefficient (Wildman–Crippen LogP) is 3.31. The number of benzene rings is 1. The molecule has 0 saturated carbocycles. The van der Waals surface area contributed by atoms with Gasteiger partial charge in [-0.05, 0) is 54.5 Å². The summed E-state index contributed by atoms with van der Waals surface area (Å²) in [4.78, 5) is 25.1. The summed E-state index contributed by atoms with van der Waals surface area (Å²) in [7, 11) is 1.77. The van der Waals surface area contributed by atoms with E-state index in [2.05, 4.69) is 56.7 Å². The second-order valence-electron chi connectivity index (χ2n) is 8.79. The summed E-state index contributed by atoms with van der Waals surface area (Å²) in [6.45, 7) is 6.67. The Morgan fingerprint density at radius 2 is 1.72 bits per heavy atom. The van der Waals surface area contributed by atoms with Crippen molar-refractivity contribution in [3.05, 3.63) is 53.7 Å². The molecule has 2 saturated heterocycles. The van der Waals surface area contributed by atoms with Crippen molar-refractivity contribution in [1.82, 2.24) is 15.6 Å². The molecule has 0 radical (unpaired) electrons. The summed E-state index contributed by atoms with van der Waals surface area (Å²) in [6.07, 6.45) is 6.03. The Balaban J connectivity index is 1.24. The summed E-state index contributed by atoms with van der Waals surface area (Å²) >= 11 is 0. The number of hydrogen-bond donors (Lipinski definition) is 2. The Morgan fingerprint density at radius 3 is 2.31 bits per heavy atom. The van der Waals surface area contributed by atoms with E-state index in [9.17, 15) is 4.79 Å². The molecule has 32 heavy (non-hydrogen) atoms. The van der Waals surface area contributed by atoms with Gasteiger partial charge in [0.2, 0.25) is 5.91 Å². The normalized spacial score (nSPS) is 17.7. The number of carbonyl (C=O) groups excluding carboxylic acids is 1. The van der Waals surface area contributed by atoms with Gasteiger partial charge in [-0.2, -0.15) is 0 Å². The van der Waals surface area contributed by atoms with Crippen molar-refractivity contribution >= 4 is 23.4 Å². The fourth-order valence-corrected chi connectivity index (χ4v) is 4.25. The number of guanidine groups is 1. The molecule has 0 spiro atoms. The van der Waals surface area contributed by atoms with Crippen LogP contribution in [0.3, 0.4) is 0 Å². The van der Waals surface area contributed by atoms with Crippen LogP contribution in [-0.2, 0) is 17.9 Å². The van der Waals surface area contributed by atoms with Crippen LogP contribution in [0.2, 0.25) is 0 Å². The maximum atomic E-state index is 11.9. The van der Waals surface area contributed by atoms with Crippen molar-refractivity contribution in [2.45, 2.75) is 45.7 Å². The first-order valence-corrected chi connectivity index (χ1v) is 11.7. The fourth-order valence-electron chi connectivity index (χ4n) is 4.25. The number of nitrogens with zero attached hydrogens (tertiary/aromatic N) is 4. The van der Waals surface area contributed by atoms with E-state index in [1.165, 1.54) is 12.8 Å². The van der Waals surface area contributed by atoms with Crippen LogP contribution >= 0.6 is 0 Å². The number of rotatable bonds is 6. The van der Waals surface area contributed by atoms with Gasteiger partial charge in [-0.1, -0.05) is 25.1 Å². The number of hydrogen-bond acceptors (Lipinski definition) is 4. The first kappa shape index (κ1) is 22.1. The van der Waals surface area contributed by atoms with Crippen LogP contribution in [0.4, 0.5) is 11.5 Å². The molecule has 2 aliphatic heterocycles. The number of nitrogens with one attached hydrogen (secondary N) is 2. The molecule has 0 bridgehead atoms. The highest BCUT2D eigenvalue weighted by Crippen LogP contribution is 2.22. The van der Waals surface area contributed by atoms with Gasteiger partial charge < -0.3 is 20.4 Å². The van der Waals surface area contributed by atoms with Crippen LogP contribution in [0, 0.1) is 5.92 Å². The highest BCUT2D eigenvalue weighted by Gasteiger charge is 2.21. The van der Waals surface area contributed by atoms with Gasteiger partial charge in [0.1, 0.15) is 5.82 Å². The molecule has 1 aromatic heterocycles. The Bertz CT molecular complexity index is 916. The van der Waals surface area contributed by atoms with Crippen molar-refractivity contribution in [3.63, 3.8) is 0 Å². The lowest BCUT2D eigenvalue weighted by Gasteiger charge is -2.31. The zero-order chi connectivity index (χ0) is 22.3. The number of aromatic nitrogens is 1. The smallest absolute Gasteiger partial charge is 0.227 e. The largest absolute Gasteiger partial charge is 0.357 e. The average molecular weight is 435 g/mol. The standard InChI is InChI=1S/C25H34N6O/c1-19-11-14-30(15-12-19)23-10-7-21(17-27-23)18-29-25(26-2)28-16-20-5-8-22(9-6-20)31-13-3-4-24(31)32/h5-10,17,19H,3-4,11-16,18H2,1-2H3,(H2,26,28,29). The highest BCUT2D eigenvalue weighted by molar-refractivity contribution is 5.95. The van der Waals surface area contributed by atoms with Crippen molar-refractivity contribution in [2.24, 2.45) is 10.9 Å². The summed E-state index contributed by atoms with van der Waals surface area (Å²) in [5.74, 6) is 2.86. The lowest BCUT2D eigenvalue weighted by Crippen LogP contribution is -2.36. The lowest BCUT2D eigenvalue weighted by molar-refractivity contribution is -0.117. The van der Waals surface area contributed by atoms with Crippen molar-refractivity contribution in [1.29, 1.82) is 0 Å². The second kappa shape index (κ2) is 10.5. The number of pyridine rings is 1. The molecule has 2 fully saturated rings. The third kappa shape index (κ3) is 5.58. The van der Waals surface area contributed by atoms with E-state index in [4.69, 9.17) is 0 Å². The van der Waals surface area contributed by atoms with Crippen LogP contribution in [0.5, 0.6) is 0 Å². The average Bonchev–Trinajstić information content (AvgIpc) is 3.26. The molecule has 2 N–H and O–H groups in total. The first-order chi connectivity index (χ1) is 15.6. The van der Waals surface area contributed by atoms with Crippen LogP contribution in [-0.4, -0.2) is 43.5 Å². The zero-order valence-corrected chi connectivity index (χ0v) is 19.2. The van der Waals surface area contributed by atoms with E-state index in [0.717, 1.165) is 60.6 Å².